The first kappa shape index (κ1) is 19.6. The molecular formula is C25H27N5O. The van der Waals surface area contributed by atoms with Crippen LogP contribution in [0.1, 0.15) is 6.42 Å². The van der Waals surface area contributed by atoms with Gasteiger partial charge in [-0.25, -0.2) is 0 Å². The minimum Gasteiger partial charge on any atom is -0.494 e. The van der Waals surface area contributed by atoms with Crippen LogP contribution in [-0.2, 0) is 0 Å². The molecule has 158 valence electrons. The fourth-order valence-electron chi connectivity index (χ4n) is 4.00. The van der Waals surface area contributed by atoms with Gasteiger partial charge in [-0.2, -0.15) is 4.80 Å². The van der Waals surface area contributed by atoms with E-state index in [-0.39, 0.29) is 0 Å². The van der Waals surface area contributed by atoms with Gasteiger partial charge in [0.15, 0.2) is 0 Å². The molecule has 1 saturated heterocycles. The molecular weight excluding hydrogens is 386 g/mol. The van der Waals surface area contributed by atoms with Crippen molar-refractivity contribution in [2.24, 2.45) is 0 Å². The Bertz CT molecular complexity index is 1070. The number of ether oxygens (including phenoxy) is 1. The first-order valence-electron chi connectivity index (χ1n) is 10.9. The van der Waals surface area contributed by atoms with Gasteiger partial charge < -0.3 is 9.64 Å². The lowest BCUT2D eigenvalue weighted by atomic mass is 10.2. The Kier molecular flexibility index (Phi) is 5.80. The van der Waals surface area contributed by atoms with E-state index >= 15 is 0 Å². The van der Waals surface area contributed by atoms with Gasteiger partial charge in [-0.15, -0.1) is 10.2 Å². The second-order valence-corrected chi connectivity index (χ2v) is 7.84. The maximum Gasteiger partial charge on any atom is 0.119 e. The molecule has 5 rings (SSSR count). The molecule has 0 atom stereocenters. The summed E-state index contributed by atoms with van der Waals surface area (Å²) in [7, 11) is 0. The van der Waals surface area contributed by atoms with Crippen LogP contribution in [0.25, 0.3) is 16.7 Å². The molecule has 1 fully saturated rings. The molecule has 0 saturated carbocycles. The highest BCUT2D eigenvalue weighted by Gasteiger charge is 2.16. The smallest absolute Gasteiger partial charge is 0.119 e. The average Bonchev–Trinajstić information content (AvgIpc) is 3.28. The number of rotatable bonds is 7. The van der Waals surface area contributed by atoms with E-state index in [0.29, 0.717) is 0 Å². The van der Waals surface area contributed by atoms with Gasteiger partial charge in [0, 0.05) is 38.4 Å². The van der Waals surface area contributed by atoms with Crippen molar-refractivity contribution >= 4 is 16.7 Å². The van der Waals surface area contributed by atoms with E-state index in [1.54, 1.807) is 4.80 Å². The van der Waals surface area contributed by atoms with E-state index < -0.39 is 0 Å². The monoisotopic (exact) mass is 413 g/mol. The van der Waals surface area contributed by atoms with Gasteiger partial charge in [-0.1, -0.05) is 30.3 Å². The summed E-state index contributed by atoms with van der Waals surface area (Å²) in [5.41, 5.74) is 4.05. The van der Waals surface area contributed by atoms with Crippen LogP contribution in [0.3, 0.4) is 0 Å². The maximum atomic E-state index is 5.95. The van der Waals surface area contributed by atoms with Crippen LogP contribution in [0.5, 0.6) is 5.75 Å². The van der Waals surface area contributed by atoms with Gasteiger partial charge in [-0.05, 0) is 55.0 Å². The minimum absolute atomic E-state index is 0.724. The fourth-order valence-corrected chi connectivity index (χ4v) is 4.00. The van der Waals surface area contributed by atoms with Crippen LogP contribution in [0, 0.1) is 0 Å². The van der Waals surface area contributed by atoms with Crippen molar-refractivity contribution in [1.82, 2.24) is 19.9 Å². The van der Waals surface area contributed by atoms with Crippen LogP contribution in [0.2, 0.25) is 0 Å². The SMILES string of the molecule is c1ccc(N2CCN(CCCOc3ccc(-n4nc5ccccc5n4)cc3)CC2)cc1. The van der Waals surface area contributed by atoms with E-state index in [9.17, 15) is 0 Å². The molecule has 0 spiro atoms. The molecule has 4 aromatic rings. The second-order valence-electron chi connectivity index (χ2n) is 7.84. The third-order valence-corrected chi connectivity index (χ3v) is 5.74. The molecule has 2 heterocycles. The zero-order chi connectivity index (χ0) is 20.9. The number of fused-ring (bicyclic) bond motifs is 1. The molecule has 31 heavy (non-hydrogen) atoms. The molecule has 0 N–H and O–H groups in total. The number of hydrogen-bond acceptors (Lipinski definition) is 5. The molecule has 1 aliphatic heterocycles. The molecule has 1 aliphatic rings. The highest BCUT2D eigenvalue weighted by Crippen LogP contribution is 2.18. The van der Waals surface area contributed by atoms with Crippen LogP contribution in [-0.4, -0.2) is 59.2 Å². The van der Waals surface area contributed by atoms with Gasteiger partial charge in [0.05, 0.1) is 12.3 Å². The molecule has 3 aromatic carbocycles. The van der Waals surface area contributed by atoms with E-state index in [0.717, 1.165) is 68.2 Å². The summed E-state index contributed by atoms with van der Waals surface area (Å²) >= 11 is 0. The van der Waals surface area contributed by atoms with Gasteiger partial charge in [0.2, 0.25) is 0 Å². The Balaban J connectivity index is 1.06. The summed E-state index contributed by atoms with van der Waals surface area (Å²) in [5, 5.41) is 9.04. The zero-order valence-electron chi connectivity index (χ0n) is 17.6. The number of anilines is 1. The predicted molar refractivity (Wildman–Crippen MR) is 124 cm³/mol. The lowest BCUT2D eigenvalue weighted by Gasteiger charge is -2.36. The molecule has 0 amide bonds. The van der Waals surface area contributed by atoms with Crippen LogP contribution < -0.4 is 9.64 Å². The number of benzene rings is 3. The molecule has 0 radical (unpaired) electrons. The van der Waals surface area contributed by atoms with Crippen LogP contribution >= 0.6 is 0 Å². The molecule has 1 aromatic heterocycles. The van der Waals surface area contributed by atoms with Gasteiger partial charge in [0.1, 0.15) is 16.8 Å². The minimum atomic E-state index is 0.724. The average molecular weight is 414 g/mol. The first-order chi connectivity index (χ1) is 15.3. The Hall–Kier alpha value is -3.38. The van der Waals surface area contributed by atoms with Gasteiger partial charge >= 0.3 is 0 Å². The topological polar surface area (TPSA) is 46.4 Å². The molecule has 0 aliphatic carbocycles. The summed E-state index contributed by atoms with van der Waals surface area (Å²) in [6, 6.07) is 26.5. The van der Waals surface area contributed by atoms with Crippen LogP contribution in [0.4, 0.5) is 5.69 Å². The first-order valence-corrected chi connectivity index (χ1v) is 10.9. The van der Waals surface area contributed by atoms with Crippen molar-refractivity contribution in [2.75, 3.05) is 44.2 Å². The standard InChI is InChI=1S/C25H27N5O/c1-2-7-21(8-3-1)29-18-16-28(17-19-29)15-6-20-31-23-13-11-22(12-14-23)30-26-24-9-4-5-10-25(24)27-30/h1-5,7-14H,6,15-20H2. The Morgan fingerprint density at radius 3 is 2.00 bits per heavy atom. The van der Waals surface area contributed by atoms with Crippen molar-refractivity contribution in [2.45, 2.75) is 6.42 Å². The molecule has 6 nitrogen and oxygen atoms in total. The van der Waals surface area contributed by atoms with Crippen molar-refractivity contribution in [3.05, 3.63) is 78.9 Å². The van der Waals surface area contributed by atoms with E-state index in [2.05, 4.69) is 50.3 Å². The number of aromatic nitrogens is 3. The number of para-hydroxylation sites is 1. The molecule has 6 heteroatoms. The van der Waals surface area contributed by atoms with Crippen LogP contribution in [0.15, 0.2) is 78.9 Å². The Morgan fingerprint density at radius 2 is 1.32 bits per heavy atom. The number of piperazine rings is 1. The Labute approximate surface area is 182 Å². The lowest BCUT2D eigenvalue weighted by molar-refractivity contribution is 0.224. The van der Waals surface area contributed by atoms with Crippen molar-refractivity contribution in [3.63, 3.8) is 0 Å². The van der Waals surface area contributed by atoms with Gasteiger partial charge in [-0.3, -0.25) is 4.90 Å². The van der Waals surface area contributed by atoms with Crippen molar-refractivity contribution < 1.29 is 4.74 Å². The van der Waals surface area contributed by atoms with Crippen molar-refractivity contribution in [3.8, 4) is 11.4 Å². The normalized spacial score (nSPS) is 14.8. The zero-order valence-corrected chi connectivity index (χ0v) is 17.6. The second kappa shape index (κ2) is 9.18. The summed E-state index contributed by atoms with van der Waals surface area (Å²) in [6.45, 7) is 6.18. The van der Waals surface area contributed by atoms with E-state index in [4.69, 9.17) is 4.74 Å². The number of nitrogens with zero attached hydrogens (tertiary/aromatic N) is 5. The third-order valence-electron chi connectivity index (χ3n) is 5.74. The highest BCUT2D eigenvalue weighted by molar-refractivity contribution is 5.73. The largest absolute Gasteiger partial charge is 0.494 e. The fraction of sp³-hybridized carbons (Fsp3) is 0.280. The highest BCUT2D eigenvalue weighted by atomic mass is 16.5. The summed E-state index contributed by atoms with van der Waals surface area (Å²) in [5.74, 6) is 0.884. The quantitative estimate of drug-likeness (QED) is 0.429. The summed E-state index contributed by atoms with van der Waals surface area (Å²) in [4.78, 5) is 6.66. The summed E-state index contributed by atoms with van der Waals surface area (Å²) in [6.07, 6.45) is 1.03. The molecule has 0 unspecified atom stereocenters. The third kappa shape index (κ3) is 4.70. The Morgan fingerprint density at radius 1 is 0.677 bits per heavy atom. The lowest BCUT2D eigenvalue weighted by Crippen LogP contribution is -2.46. The van der Waals surface area contributed by atoms with Crippen molar-refractivity contribution in [1.29, 1.82) is 0 Å². The summed E-state index contributed by atoms with van der Waals surface area (Å²) < 4.78 is 5.95. The number of hydrogen-bond donors (Lipinski definition) is 0. The molecule has 0 bridgehead atoms. The maximum absolute atomic E-state index is 5.95. The van der Waals surface area contributed by atoms with E-state index in [1.165, 1.54) is 5.69 Å². The van der Waals surface area contributed by atoms with E-state index in [1.807, 2.05) is 48.5 Å². The predicted octanol–water partition coefficient (Wildman–Crippen LogP) is 4.01. The van der Waals surface area contributed by atoms with Gasteiger partial charge in [0.25, 0.3) is 0 Å².